The van der Waals surface area contributed by atoms with Crippen LogP contribution < -0.4 is 5.32 Å². The van der Waals surface area contributed by atoms with E-state index in [0.29, 0.717) is 16.8 Å². The number of benzene rings is 1. The topological polar surface area (TPSA) is 95.1 Å². The third-order valence-corrected chi connectivity index (χ3v) is 4.48. The Kier molecular flexibility index (Phi) is 5.71. The predicted octanol–water partition coefficient (Wildman–Crippen LogP) is 3.51. The van der Waals surface area contributed by atoms with Crippen molar-refractivity contribution < 1.29 is 14.1 Å². The van der Waals surface area contributed by atoms with Crippen molar-refractivity contribution in [1.82, 2.24) is 9.97 Å². The van der Waals surface area contributed by atoms with Gasteiger partial charge in [0.05, 0.1) is 21.8 Å². The van der Waals surface area contributed by atoms with Crippen LogP contribution in [-0.4, -0.2) is 31.1 Å². The second kappa shape index (κ2) is 7.74. The number of rotatable bonds is 7. The molecule has 2 aromatic rings. The molecular formula is C15H19N3O3S. The summed E-state index contributed by atoms with van der Waals surface area (Å²) < 4.78 is 12.2. The van der Waals surface area contributed by atoms with Crippen LogP contribution >= 0.6 is 0 Å². The summed E-state index contributed by atoms with van der Waals surface area (Å²) in [4.78, 5) is 18.3. The van der Waals surface area contributed by atoms with Crippen molar-refractivity contribution in [2.45, 2.75) is 31.1 Å². The van der Waals surface area contributed by atoms with Crippen LogP contribution in [0.4, 0.5) is 10.7 Å². The molecule has 118 valence electrons. The van der Waals surface area contributed by atoms with Crippen LogP contribution in [0.1, 0.15) is 26.2 Å². The highest BCUT2D eigenvalue weighted by atomic mass is 32.2. The lowest BCUT2D eigenvalue weighted by molar-refractivity contribution is 0.209. The largest absolute Gasteiger partial charge is 0.465 e. The van der Waals surface area contributed by atoms with Crippen molar-refractivity contribution in [2.24, 2.45) is 0 Å². The van der Waals surface area contributed by atoms with Crippen molar-refractivity contribution in [3.8, 4) is 0 Å². The minimum absolute atomic E-state index is 0.162. The van der Waals surface area contributed by atoms with Gasteiger partial charge in [-0.1, -0.05) is 19.1 Å². The van der Waals surface area contributed by atoms with Gasteiger partial charge in [-0.25, -0.2) is 9.78 Å². The SMILES string of the molecule is CC/C=C/CCCS(=O)c1ccc2nc(NC(=O)O)[nH]c2c1. The van der Waals surface area contributed by atoms with Gasteiger partial charge in [0.15, 0.2) is 0 Å². The van der Waals surface area contributed by atoms with E-state index in [4.69, 9.17) is 5.11 Å². The number of carboxylic acid groups (broad SMARTS) is 1. The fourth-order valence-electron chi connectivity index (χ4n) is 2.03. The number of amides is 1. The Morgan fingerprint density at radius 3 is 3.00 bits per heavy atom. The Bertz CT molecular complexity index is 709. The summed E-state index contributed by atoms with van der Waals surface area (Å²) in [5.74, 6) is 0.767. The molecule has 0 radical (unpaired) electrons. The Hall–Kier alpha value is -2.15. The van der Waals surface area contributed by atoms with E-state index in [0.717, 1.165) is 24.2 Å². The monoisotopic (exact) mass is 321 g/mol. The van der Waals surface area contributed by atoms with Gasteiger partial charge in [0.1, 0.15) is 0 Å². The van der Waals surface area contributed by atoms with Gasteiger partial charge >= 0.3 is 6.09 Å². The van der Waals surface area contributed by atoms with E-state index < -0.39 is 16.9 Å². The van der Waals surface area contributed by atoms with Gasteiger partial charge in [-0.15, -0.1) is 0 Å². The summed E-state index contributed by atoms with van der Waals surface area (Å²) in [7, 11) is -1.06. The first-order chi connectivity index (χ1) is 10.6. The van der Waals surface area contributed by atoms with Crippen LogP contribution in [0.2, 0.25) is 0 Å². The van der Waals surface area contributed by atoms with Gasteiger partial charge in [0.25, 0.3) is 0 Å². The molecule has 2 rings (SSSR count). The number of hydrogen-bond acceptors (Lipinski definition) is 3. The molecular weight excluding hydrogens is 302 g/mol. The van der Waals surface area contributed by atoms with Gasteiger partial charge < -0.3 is 10.1 Å². The molecule has 6 nitrogen and oxygen atoms in total. The third-order valence-electron chi connectivity index (χ3n) is 3.04. The van der Waals surface area contributed by atoms with Crippen molar-refractivity contribution in [1.29, 1.82) is 0 Å². The third kappa shape index (κ3) is 4.42. The van der Waals surface area contributed by atoms with Crippen molar-refractivity contribution in [3.63, 3.8) is 0 Å². The molecule has 0 aliphatic heterocycles. The summed E-state index contributed by atoms with van der Waals surface area (Å²) in [5.41, 5.74) is 1.30. The van der Waals surface area contributed by atoms with Crippen LogP contribution in [0.15, 0.2) is 35.2 Å². The minimum Gasteiger partial charge on any atom is -0.465 e. The van der Waals surface area contributed by atoms with E-state index in [1.165, 1.54) is 0 Å². The number of carbonyl (C=O) groups is 1. The first-order valence-electron chi connectivity index (χ1n) is 7.13. The zero-order valence-electron chi connectivity index (χ0n) is 12.3. The number of hydrogen-bond donors (Lipinski definition) is 3. The highest BCUT2D eigenvalue weighted by molar-refractivity contribution is 7.85. The number of nitrogens with one attached hydrogen (secondary N) is 2. The normalized spacial score (nSPS) is 12.8. The molecule has 0 saturated carbocycles. The van der Waals surface area contributed by atoms with Crippen molar-refractivity contribution in [2.75, 3.05) is 11.1 Å². The van der Waals surface area contributed by atoms with E-state index in [9.17, 15) is 9.00 Å². The molecule has 3 N–H and O–H groups in total. The maximum absolute atomic E-state index is 12.2. The minimum atomic E-state index is -1.18. The summed E-state index contributed by atoms with van der Waals surface area (Å²) >= 11 is 0. The lowest BCUT2D eigenvalue weighted by atomic mass is 10.3. The van der Waals surface area contributed by atoms with Crippen LogP contribution in [0.25, 0.3) is 11.0 Å². The van der Waals surface area contributed by atoms with Gasteiger partial charge in [0, 0.05) is 10.6 Å². The molecule has 1 aromatic carbocycles. The second-order valence-electron chi connectivity index (χ2n) is 4.77. The van der Waals surface area contributed by atoms with E-state index in [1.807, 2.05) is 0 Å². The van der Waals surface area contributed by atoms with Gasteiger partial charge in [-0.2, -0.15) is 0 Å². The fourth-order valence-corrected chi connectivity index (χ4v) is 3.16. The zero-order valence-corrected chi connectivity index (χ0v) is 13.2. The number of nitrogens with zero attached hydrogens (tertiary/aromatic N) is 1. The number of anilines is 1. The fraction of sp³-hybridized carbons (Fsp3) is 0.333. The molecule has 0 bridgehead atoms. The highest BCUT2D eigenvalue weighted by Crippen LogP contribution is 2.19. The molecule has 22 heavy (non-hydrogen) atoms. The lowest BCUT2D eigenvalue weighted by Crippen LogP contribution is -2.08. The molecule has 1 unspecified atom stereocenters. The van der Waals surface area contributed by atoms with Gasteiger partial charge in [0.2, 0.25) is 5.95 Å². The molecule has 7 heteroatoms. The van der Waals surface area contributed by atoms with Crippen LogP contribution in [0.5, 0.6) is 0 Å². The van der Waals surface area contributed by atoms with Gasteiger partial charge in [-0.3, -0.25) is 9.53 Å². The zero-order chi connectivity index (χ0) is 15.9. The first kappa shape index (κ1) is 16.2. The molecule has 0 saturated heterocycles. The summed E-state index contributed by atoms with van der Waals surface area (Å²) in [6, 6.07) is 5.27. The number of fused-ring (bicyclic) bond motifs is 1. The standard InChI is InChI=1S/C15H19N3O3S/c1-2-3-4-5-6-9-22(21)11-7-8-12-13(10-11)17-14(16-12)18-15(19)20/h3-4,7-8,10H,2,5-6,9H2,1H3,(H,19,20)(H2,16,17,18)/b4-3+. The lowest BCUT2D eigenvalue weighted by Gasteiger charge is -2.01. The Morgan fingerprint density at radius 1 is 1.45 bits per heavy atom. The average Bonchev–Trinajstić information content (AvgIpc) is 2.87. The molecule has 1 atom stereocenters. The van der Waals surface area contributed by atoms with E-state index in [2.05, 4.69) is 34.4 Å². The average molecular weight is 321 g/mol. The molecule has 1 amide bonds. The maximum atomic E-state index is 12.2. The molecule has 1 heterocycles. The molecule has 0 aliphatic carbocycles. The van der Waals surface area contributed by atoms with E-state index in [1.54, 1.807) is 18.2 Å². The number of aromatic amines is 1. The molecule has 0 fully saturated rings. The van der Waals surface area contributed by atoms with E-state index >= 15 is 0 Å². The van der Waals surface area contributed by atoms with Crippen molar-refractivity contribution >= 4 is 33.9 Å². The Labute approximate surface area is 131 Å². The van der Waals surface area contributed by atoms with Gasteiger partial charge in [-0.05, 0) is 37.5 Å². The quantitative estimate of drug-likeness (QED) is 0.537. The summed E-state index contributed by atoms with van der Waals surface area (Å²) in [6.45, 7) is 2.09. The Balaban J connectivity index is 2.03. The van der Waals surface area contributed by atoms with Crippen LogP contribution in [0, 0.1) is 0 Å². The number of imidazole rings is 1. The highest BCUT2D eigenvalue weighted by Gasteiger charge is 2.09. The first-order valence-corrected chi connectivity index (χ1v) is 8.45. The van der Waals surface area contributed by atoms with Crippen LogP contribution in [-0.2, 0) is 10.8 Å². The van der Waals surface area contributed by atoms with E-state index in [-0.39, 0.29) is 5.95 Å². The number of unbranched alkanes of at least 4 members (excludes halogenated alkanes) is 1. The second-order valence-corrected chi connectivity index (χ2v) is 6.34. The smallest absolute Gasteiger partial charge is 0.411 e. The number of H-pyrrole nitrogens is 1. The maximum Gasteiger partial charge on any atom is 0.411 e. The number of allylic oxidation sites excluding steroid dienone is 2. The Morgan fingerprint density at radius 2 is 2.27 bits per heavy atom. The number of aromatic nitrogens is 2. The summed E-state index contributed by atoms with van der Waals surface area (Å²) in [5, 5.41) is 10.8. The summed E-state index contributed by atoms with van der Waals surface area (Å²) in [6.07, 6.45) is 5.86. The molecule has 0 spiro atoms. The molecule has 0 aliphatic rings. The predicted molar refractivity (Wildman–Crippen MR) is 87.7 cm³/mol. The van der Waals surface area contributed by atoms with Crippen LogP contribution in [0.3, 0.4) is 0 Å². The van der Waals surface area contributed by atoms with Crippen molar-refractivity contribution in [3.05, 3.63) is 30.4 Å². The molecule has 1 aromatic heterocycles.